The second kappa shape index (κ2) is 6.19. The summed E-state index contributed by atoms with van der Waals surface area (Å²) >= 11 is 0. The number of aryl methyl sites for hydroxylation is 1. The van der Waals surface area contributed by atoms with Crippen LogP contribution in [0.1, 0.15) is 51.2 Å². The molecular weight excluding hydrogens is 356 g/mol. The van der Waals surface area contributed by atoms with Gasteiger partial charge in [0.15, 0.2) is 5.69 Å². The van der Waals surface area contributed by atoms with Gasteiger partial charge < -0.3 is 14.8 Å². The molecule has 8 nitrogen and oxygen atoms in total. The number of hydrogen-bond donors (Lipinski definition) is 1. The third-order valence-corrected chi connectivity index (χ3v) is 5.77. The zero-order valence-electron chi connectivity index (χ0n) is 16.0. The van der Waals surface area contributed by atoms with Crippen LogP contribution in [0.4, 0.5) is 0 Å². The molecule has 2 aliphatic heterocycles. The molecule has 1 atom stereocenters. The Labute approximate surface area is 162 Å². The number of hydrogen-bond acceptors (Lipinski definition) is 4. The lowest BCUT2D eigenvalue weighted by Crippen LogP contribution is -2.37. The number of nitrogens with one attached hydrogen (secondary N) is 1. The number of benzene rings is 1. The van der Waals surface area contributed by atoms with Crippen LogP contribution in [0, 0.1) is 6.92 Å². The Kier molecular flexibility index (Phi) is 3.75. The van der Waals surface area contributed by atoms with Crippen molar-refractivity contribution < 1.29 is 9.59 Å². The SMILES string of the molecule is Cc1cccc2[nH]c(C3CCCN3C(=O)c3cc4n(n3)CCN(C)C4=O)nc12. The molecule has 2 aliphatic rings. The van der Waals surface area contributed by atoms with Gasteiger partial charge in [0.1, 0.15) is 11.5 Å². The van der Waals surface area contributed by atoms with Crippen LogP contribution in [0.5, 0.6) is 0 Å². The highest BCUT2D eigenvalue weighted by Gasteiger charge is 2.35. The van der Waals surface area contributed by atoms with E-state index in [1.54, 1.807) is 22.7 Å². The molecule has 28 heavy (non-hydrogen) atoms. The summed E-state index contributed by atoms with van der Waals surface area (Å²) < 4.78 is 1.64. The Morgan fingerprint density at radius 2 is 2.11 bits per heavy atom. The van der Waals surface area contributed by atoms with Crippen molar-refractivity contribution in [1.29, 1.82) is 0 Å². The highest BCUT2D eigenvalue weighted by atomic mass is 16.2. The van der Waals surface area contributed by atoms with E-state index in [0.717, 1.165) is 35.3 Å². The van der Waals surface area contributed by atoms with Gasteiger partial charge in [0.2, 0.25) is 0 Å². The highest BCUT2D eigenvalue weighted by Crippen LogP contribution is 2.33. The topological polar surface area (TPSA) is 87.1 Å². The molecular formula is C20H22N6O2. The molecule has 0 spiro atoms. The molecule has 1 unspecified atom stereocenters. The summed E-state index contributed by atoms with van der Waals surface area (Å²) in [4.78, 5) is 37.2. The number of H-pyrrole nitrogens is 1. The van der Waals surface area contributed by atoms with Crippen LogP contribution in [0.25, 0.3) is 11.0 Å². The minimum absolute atomic E-state index is 0.0940. The van der Waals surface area contributed by atoms with Crippen LogP contribution < -0.4 is 0 Å². The average Bonchev–Trinajstić information content (AvgIpc) is 3.41. The molecule has 0 aliphatic carbocycles. The van der Waals surface area contributed by atoms with Crippen molar-refractivity contribution in [2.45, 2.75) is 32.4 Å². The van der Waals surface area contributed by atoms with E-state index in [4.69, 9.17) is 4.98 Å². The standard InChI is InChI=1S/C20H22N6O2/c1-12-5-3-6-13-17(12)22-18(21-13)15-7-4-8-25(15)19(27)14-11-16-20(28)24(2)9-10-26(16)23-14/h3,5-6,11,15H,4,7-10H2,1-2H3,(H,21,22). The maximum absolute atomic E-state index is 13.2. The fourth-order valence-corrected chi connectivity index (χ4v) is 4.20. The molecule has 3 aromatic rings. The predicted molar refractivity (Wildman–Crippen MR) is 103 cm³/mol. The molecule has 0 radical (unpaired) electrons. The molecule has 1 N–H and O–H groups in total. The van der Waals surface area contributed by atoms with Crippen LogP contribution in [0.2, 0.25) is 0 Å². The quantitative estimate of drug-likeness (QED) is 0.740. The van der Waals surface area contributed by atoms with Crippen LogP contribution in [0.3, 0.4) is 0 Å². The fraction of sp³-hybridized carbons (Fsp3) is 0.400. The minimum Gasteiger partial charge on any atom is -0.340 e. The normalized spacial score (nSPS) is 19.5. The largest absolute Gasteiger partial charge is 0.340 e. The van der Waals surface area contributed by atoms with E-state index in [1.165, 1.54) is 0 Å². The molecule has 2 amide bonds. The smallest absolute Gasteiger partial charge is 0.274 e. The number of carbonyl (C=O) groups is 2. The molecule has 2 aromatic heterocycles. The first-order chi connectivity index (χ1) is 13.5. The van der Waals surface area contributed by atoms with Gasteiger partial charge in [-0.25, -0.2) is 4.98 Å². The number of likely N-dealkylation sites (N-methyl/N-ethyl adjacent to an activating group) is 1. The lowest BCUT2D eigenvalue weighted by molar-refractivity contribution is 0.0717. The van der Waals surface area contributed by atoms with E-state index in [2.05, 4.69) is 10.1 Å². The summed E-state index contributed by atoms with van der Waals surface area (Å²) in [6.07, 6.45) is 1.78. The molecule has 0 bridgehead atoms. The van der Waals surface area contributed by atoms with Crippen molar-refractivity contribution in [2.24, 2.45) is 0 Å². The monoisotopic (exact) mass is 378 g/mol. The van der Waals surface area contributed by atoms with Gasteiger partial charge in [-0.15, -0.1) is 0 Å². The van der Waals surface area contributed by atoms with Gasteiger partial charge in [0.25, 0.3) is 11.8 Å². The van der Waals surface area contributed by atoms with E-state index in [1.807, 2.05) is 30.0 Å². The zero-order valence-corrected chi connectivity index (χ0v) is 16.0. The molecule has 1 fully saturated rings. The van der Waals surface area contributed by atoms with E-state index in [-0.39, 0.29) is 17.9 Å². The van der Waals surface area contributed by atoms with Crippen molar-refractivity contribution in [2.75, 3.05) is 20.1 Å². The number of amides is 2. The number of aromatic nitrogens is 4. The third-order valence-electron chi connectivity index (χ3n) is 5.77. The number of para-hydroxylation sites is 1. The second-order valence-corrected chi connectivity index (χ2v) is 7.61. The molecule has 0 saturated carbocycles. The highest BCUT2D eigenvalue weighted by molar-refractivity contribution is 5.98. The number of imidazole rings is 1. The van der Waals surface area contributed by atoms with E-state index >= 15 is 0 Å². The Hall–Kier alpha value is -3.16. The van der Waals surface area contributed by atoms with Gasteiger partial charge in [0.05, 0.1) is 23.6 Å². The lowest BCUT2D eigenvalue weighted by Gasteiger charge is -2.22. The zero-order chi connectivity index (χ0) is 19.4. The number of nitrogens with zero attached hydrogens (tertiary/aromatic N) is 5. The summed E-state index contributed by atoms with van der Waals surface area (Å²) in [6.45, 7) is 3.91. The minimum atomic E-state index is -0.142. The summed E-state index contributed by atoms with van der Waals surface area (Å²) in [5.74, 6) is 0.579. The second-order valence-electron chi connectivity index (χ2n) is 7.61. The van der Waals surface area contributed by atoms with Gasteiger partial charge in [-0.2, -0.15) is 5.10 Å². The molecule has 4 heterocycles. The van der Waals surface area contributed by atoms with Crippen LogP contribution in [-0.2, 0) is 6.54 Å². The van der Waals surface area contributed by atoms with Crippen molar-refractivity contribution in [3.05, 3.63) is 47.0 Å². The van der Waals surface area contributed by atoms with E-state index in [9.17, 15) is 9.59 Å². The first-order valence-corrected chi connectivity index (χ1v) is 9.62. The molecule has 5 rings (SSSR count). The average molecular weight is 378 g/mol. The first-order valence-electron chi connectivity index (χ1n) is 9.62. The van der Waals surface area contributed by atoms with Crippen molar-refractivity contribution in [1.82, 2.24) is 29.5 Å². The number of carbonyl (C=O) groups excluding carboxylic acids is 2. The summed E-state index contributed by atoms with van der Waals surface area (Å²) in [7, 11) is 1.76. The molecule has 144 valence electrons. The van der Waals surface area contributed by atoms with Crippen LogP contribution in [-0.4, -0.2) is 61.5 Å². The van der Waals surface area contributed by atoms with Gasteiger partial charge in [-0.1, -0.05) is 12.1 Å². The van der Waals surface area contributed by atoms with Crippen molar-refractivity contribution in [3.63, 3.8) is 0 Å². The van der Waals surface area contributed by atoms with E-state index in [0.29, 0.717) is 31.0 Å². The number of rotatable bonds is 2. The maximum atomic E-state index is 13.2. The van der Waals surface area contributed by atoms with E-state index < -0.39 is 0 Å². The van der Waals surface area contributed by atoms with Crippen molar-refractivity contribution >= 4 is 22.8 Å². The van der Waals surface area contributed by atoms with Gasteiger partial charge in [-0.05, 0) is 31.4 Å². The van der Waals surface area contributed by atoms with Crippen molar-refractivity contribution in [3.8, 4) is 0 Å². The predicted octanol–water partition coefficient (Wildman–Crippen LogP) is 2.13. The van der Waals surface area contributed by atoms with Crippen LogP contribution >= 0.6 is 0 Å². The Morgan fingerprint density at radius 3 is 2.93 bits per heavy atom. The van der Waals surface area contributed by atoms with Gasteiger partial charge >= 0.3 is 0 Å². The van der Waals surface area contributed by atoms with Crippen LogP contribution in [0.15, 0.2) is 24.3 Å². The maximum Gasteiger partial charge on any atom is 0.274 e. The number of aromatic amines is 1. The lowest BCUT2D eigenvalue weighted by atomic mass is 10.2. The summed E-state index contributed by atoms with van der Waals surface area (Å²) in [5, 5.41) is 4.41. The van der Waals surface area contributed by atoms with Gasteiger partial charge in [0, 0.05) is 26.2 Å². The Balaban J connectivity index is 1.47. The Morgan fingerprint density at radius 1 is 1.25 bits per heavy atom. The first kappa shape index (κ1) is 17.0. The van der Waals surface area contributed by atoms with Gasteiger partial charge in [-0.3, -0.25) is 14.3 Å². The third kappa shape index (κ3) is 2.51. The molecule has 8 heteroatoms. The Bertz CT molecular complexity index is 1100. The molecule has 1 aromatic carbocycles. The summed E-state index contributed by atoms with van der Waals surface area (Å²) in [6, 6.07) is 7.57. The number of likely N-dealkylation sites (tertiary alicyclic amines) is 1. The number of fused-ring (bicyclic) bond motifs is 2. The fourth-order valence-electron chi connectivity index (χ4n) is 4.20. The molecule has 1 saturated heterocycles. The summed E-state index contributed by atoms with van der Waals surface area (Å²) in [5.41, 5.74) is 3.86.